The minimum absolute atomic E-state index is 0.158. The van der Waals surface area contributed by atoms with Gasteiger partial charge in [0.1, 0.15) is 0 Å². The molecule has 3 heteroatoms. The maximum Gasteiger partial charge on any atom is 0.240 e. The van der Waals surface area contributed by atoms with E-state index >= 15 is 0 Å². The number of carbonyl (C=O) groups excluding carboxylic acids is 1. The van der Waals surface area contributed by atoms with Crippen LogP contribution in [0.4, 0.5) is 0 Å². The van der Waals surface area contributed by atoms with Crippen LogP contribution in [0, 0.1) is 0 Å². The van der Waals surface area contributed by atoms with Gasteiger partial charge in [-0.05, 0) is 17.8 Å². The monoisotopic (exact) mass is 119 g/mol. The molecule has 0 aliphatic rings. The van der Waals surface area contributed by atoms with E-state index in [1.807, 2.05) is 0 Å². The molecule has 0 rings (SSSR count). The molecule has 0 aliphatic heterocycles. The summed E-state index contributed by atoms with van der Waals surface area (Å²) in [6.45, 7) is 3.47. The van der Waals surface area contributed by atoms with Crippen molar-refractivity contribution in [1.29, 1.82) is 0 Å². The maximum atomic E-state index is 9.86. The van der Waals surface area contributed by atoms with Crippen molar-refractivity contribution < 1.29 is 4.79 Å². The number of hydrogen-bond acceptors (Lipinski definition) is 2. The van der Waals surface area contributed by atoms with Crippen molar-refractivity contribution in [3.63, 3.8) is 0 Å². The van der Waals surface area contributed by atoms with Gasteiger partial charge in [-0.1, -0.05) is 6.58 Å². The Kier molecular flexibility index (Phi) is 3.42. The number of rotatable bonds is 3. The van der Waals surface area contributed by atoms with Crippen molar-refractivity contribution in [3.8, 4) is 0 Å². The van der Waals surface area contributed by atoms with Crippen LogP contribution in [0.3, 0.4) is 0 Å². The van der Waals surface area contributed by atoms with Gasteiger partial charge >= 0.3 is 0 Å². The molecule has 0 heterocycles. The van der Waals surface area contributed by atoms with Gasteiger partial charge in [0.25, 0.3) is 0 Å². The quantitative estimate of drug-likeness (QED) is 0.548. The van der Waals surface area contributed by atoms with E-state index in [1.165, 1.54) is 6.20 Å². The van der Waals surface area contributed by atoms with Crippen molar-refractivity contribution in [3.05, 3.63) is 12.8 Å². The number of halogens is 1. The summed E-state index contributed by atoms with van der Waals surface area (Å²) in [4.78, 5) is 9.86. The highest BCUT2D eigenvalue weighted by Crippen LogP contribution is 1.72. The van der Waals surface area contributed by atoms with Crippen molar-refractivity contribution >= 4 is 16.8 Å². The van der Waals surface area contributed by atoms with Crippen molar-refractivity contribution in [2.75, 3.05) is 6.54 Å². The summed E-state index contributed by atoms with van der Waals surface area (Å²) in [5, 5.41) is 2.13. The van der Waals surface area contributed by atoms with Crippen LogP contribution >= 0.6 is 11.6 Å². The number of nitrogens with one attached hydrogen (secondary N) is 1. The zero-order valence-corrected chi connectivity index (χ0v) is 4.53. The van der Waals surface area contributed by atoms with Crippen LogP contribution in [0.1, 0.15) is 0 Å². The largest absolute Gasteiger partial charge is 0.383 e. The zero-order valence-electron chi connectivity index (χ0n) is 3.78. The molecule has 0 unspecified atom stereocenters. The molecule has 0 aliphatic carbocycles. The lowest BCUT2D eigenvalue weighted by Gasteiger charge is -1.87. The molecule has 0 atom stereocenters. The van der Waals surface area contributed by atoms with E-state index in [-0.39, 0.29) is 6.54 Å². The topological polar surface area (TPSA) is 29.1 Å². The van der Waals surface area contributed by atoms with E-state index < -0.39 is 5.24 Å². The fourth-order valence-corrected chi connectivity index (χ4v) is 0.230. The zero-order chi connectivity index (χ0) is 5.70. The Balaban J connectivity index is 2.97. The first-order valence-corrected chi connectivity index (χ1v) is 2.18. The lowest BCUT2D eigenvalue weighted by molar-refractivity contribution is -0.110. The summed E-state index contributed by atoms with van der Waals surface area (Å²) in [6.07, 6.45) is 1.42. The molecule has 0 radical (unpaired) electrons. The Labute approximate surface area is 47.2 Å². The minimum Gasteiger partial charge on any atom is -0.383 e. The van der Waals surface area contributed by atoms with Crippen LogP contribution in [-0.4, -0.2) is 11.8 Å². The second kappa shape index (κ2) is 3.68. The average Bonchev–Trinajstić information content (AvgIpc) is 1.61. The first-order valence-electron chi connectivity index (χ1n) is 1.80. The van der Waals surface area contributed by atoms with E-state index in [0.717, 1.165) is 0 Å². The molecular weight excluding hydrogens is 114 g/mol. The van der Waals surface area contributed by atoms with Crippen LogP contribution in [0.5, 0.6) is 0 Å². The summed E-state index contributed by atoms with van der Waals surface area (Å²) in [6, 6.07) is 0. The Morgan fingerprint density at radius 2 is 2.57 bits per heavy atom. The highest BCUT2D eigenvalue weighted by Gasteiger charge is 1.86. The molecule has 0 amide bonds. The highest BCUT2D eigenvalue weighted by atomic mass is 35.5. The van der Waals surface area contributed by atoms with Crippen LogP contribution in [0.25, 0.3) is 0 Å². The Bertz CT molecular complexity index is 81.8. The summed E-state index contributed by atoms with van der Waals surface area (Å²) in [5.74, 6) is 0. The molecule has 1 N–H and O–H groups in total. The Morgan fingerprint density at radius 1 is 2.00 bits per heavy atom. The molecule has 0 saturated heterocycles. The van der Waals surface area contributed by atoms with Gasteiger partial charge in [0.05, 0.1) is 6.54 Å². The summed E-state index contributed by atoms with van der Waals surface area (Å²) < 4.78 is 0. The second-order valence-electron chi connectivity index (χ2n) is 0.940. The first-order chi connectivity index (χ1) is 3.27. The summed E-state index contributed by atoms with van der Waals surface area (Å²) in [5.41, 5.74) is 0. The lowest BCUT2D eigenvalue weighted by atomic mass is 10.7. The highest BCUT2D eigenvalue weighted by molar-refractivity contribution is 6.64. The predicted octanol–water partition coefficient (Wildman–Crippen LogP) is 0.485. The third-order valence-electron chi connectivity index (χ3n) is 0.385. The Morgan fingerprint density at radius 3 is 2.71 bits per heavy atom. The van der Waals surface area contributed by atoms with Crippen LogP contribution < -0.4 is 5.32 Å². The molecule has 2 nitrogen and oxygen atoms in total. The average molecular weight is 120 g/mol. The van der Waals surface area contributed by atoms with Crippen LogP contribution in [0.15, 0.2) is 12.8 Å². The van der Waals surface area contributed by atoms with Gasteiger partial charge < -0.3 is 5.32 Å². The molecule has 0 bridgehead atoms. The minimum atomic E-state index is -0.403. The van der Waals surface area contributed by atoms with Gasteiger partial charge in [-0.25, -0.2) is 0 Å². The first kappa shape index (κ1) is 6.50. The van der Waals surface area contributed by atoms with Crippen molar-refractivity contribution in [2.45, 2.75) is 0 Å². The molecule has 0 fully saturated rings. The molecular formula is C4H6ClNO. The third-order valence-corrected chi connectivity index (χ3v) is 0.519. The molecule has 0 aromatic heterocycles. The van der Waals surface area contributed by atoms with Gasteiger partial charge in [0.15, 0.2) is 0 Å². The molecule has 40 valence electrons. The van der Waals surface area contributed by atoms with Crippen molar-refractivity contribution in [2.24, 2.45) is 0 Å². The van der Waals surface area contributed by atoms with Crippen LogP contribution in [0.2, 0.25) is 0 Å². The van der Waals surface area contributed by atoms with Crippen LogP contribution in [-0.2, 0) is 4.79 Å². The normalized spacial score (nSPS) is 7.57. The van der Waals surface area contributed by atoms with E-state index in [2.05, 4.69) is 11.9 Å². The lowest BCUT2D eigenvalue weighted by Crippen LogP contribution is -2.11. The molecule has 0 aromatic carbocycles. The van der Waals surface area contributed by atoms with Gasteiger partial charge in [0, 0.05) is 0 Å². The van der Waals surface area contributed by atoms with E-state index in [9.17, 15) is 4.79 Å². The summed E-state index contributed by atoms with van der Waals surface area (Å²) in [7, 11) is 0. The maximum absolute atomic E-state index is 9.86. The van der Waals surface area contributed by atoms with Gasteiger partial charge in [-0.3, -0.25) is 4.79 Å². The SMILES string of the molecule is C=CNCC(=O)Cl. The van der Waals surface area contributed by atoms with Gasteiger partial charge in [-0.15, -0.1) is 0 Å². The fraction of sp³-hybridized carbons (Fsp3) is 0.250. The number of hydrogen-bond donors (Lipinski definition) is 1. The second-order valence-corrected chi connectivity index (χ2v) is 1.36. The standard InChI is InChI=1S/C4H6ClNO/c1-2-6-3-4(5)7/h2,6H,1,3H2. The van der Waals surface area contributed by atoms with Gasteiger partial charge in [0.2, 0.25) is 5.24 Å². The molecule has 7 heavy (non-hydrogen) atoms. The third kappa shape index (κ3) is 5.50. The number of carbonyl (C=O) groups is 1. The van der Waals surface area contributed by atoms with E-state index in [4.69, 9.17) is 11.6 Å². The fourth-order valence-electron chi connectivity index (χ4n) is 0.152. The predicted molar refractivity (Wildman–Crippen MR) is 29.1 cm³/mol. The smallest absolute Gasteiger partial charge is 0.240 e. The molecule has 0 saturated carbocycles. The van der Waals surface area contributed by atoms with E-state index in [1.54, 1.807) is 0 Å². The van der Waals surface area contributed by atoms with Gasteiger partial charge in [-0.2, -0.15) is 0 Å². The van der Waals surface area contributed by atoms with Crippen molar-refractivity contribution in [1.82, 2.24) is 5.32 Å². The Hall–Kier alpha value is -0.500. The molecule has 0 spiro atoms. The van der Waals surface area contributed by atoms with E-state index in [0.29, 0.717) is 0 Å². The summed E-state index contributed by atoms with van der Waals surface area (Å²) >= 11 is 4.91. The molecule has 0 aromatic rings.